The van der Waals surface area contributed by atoms with Crippen molar-refractivity contribution < 1.29 is 4.39 Å². The molecule has 3 rings (SSSR count). The lowest BCUT2D eigenvalue weighted by molar-refractivity contribution is 0.549. The van der Waals surface area contributed by atoms with Crippen LogP contribution in [-0.4, -0.2) is 20.0 Å². The molecular weight excluding hydrogens is 279 g/mol. The summed E-state index contributed by atoms with van der Waals surface area (Å²) >= 11 is 0. The number of hydrogen-bond acceptors (Lipinski definition) is 3. The van der Waals surface area contributed by atoms with Crippen molar-refractivity contribution in [2.75, 3.05) is 0 Å². The number of aromatic nitrogens is 4. The lowest BCUT2D eigenvalue weighted by Gasteiger charge is -1.96. The Labute approximate surface area is 127 Å². The van der Waals surface area contributed by atoms with E-state index in [1.54, 1.807) is 29.3 Å². The Balaban J connectivity index is 1.61. The van der Waals surface area contributed by atoms with Crippen LogP contribution in [0.4, 0.5) is 4.39 Å². The van der Waals surface area contributed by atoms with E-state index in [0.717, 1.165) is 17.0 Å². The van der Waals surface area contributed by atoms with Gasteiger partial charge in [-0.3, -0.25) is 0 Å². The molecule has 0 spiro atoms. The van der Waals surface area contributed by atoms with Gasteiger partial charge in [0.2, 0.25) is 0 Å². The summed E-state index contributed by atoms with van der Waals surface area (Å²) < 4.78 is 12.9. The summed E-state index contributed by atoms with van der Waals surface area (Å²) in [5.74, 6) is 5.77. The molecule has 0 aliphatic heterocycles. The normalized spacial score (nSPS) is 10.0. The second-order valence-corrected chi connectivity index (χ2v) is 4.60. The van der Waals surface area contributed by atoms with Crippen molar-refractivity contribution in [2.45, 2.75) is 13.0 Å². The molecule has 0 saturated heterocycles. The molecule has 0 aliphatic rings. The number of halogens is 1. The fraction of sp³-hybridized carbons (Fsp3) is 0.118. The summed E-state index contributed by atoms with van der Waals surface area (Å²) in [5, 5.41) is 8.54. The van der Waals surface area contributed by atoms with Crippen molar-refractivity contribution in [3.05, 3.63) is 66.4 Å². The zero-order chi connectivity index (χ0) is 15.2. The molecule has 0 bridgehead atoms. The van der Waals surface area contributed by atoms with Crippen molar-refractivity contribution >= 4 is 0 Å². The van der Waals surface area contributed by atoms with Gasteiger partial charge in [-0.1, -0.05) is 12.0 Å². The molecule has 1 aromatic carbocycles. The average Bonchev–Trinajstić information content (AvgIpc) is 3.02. The van der Waals surface area contributed by atoms with Crippen LogP contribution in [0.5, 0.6) is 0 Å². The fourth-order valence-electron chi connectivity index (χ4n) is 1.90. The summed E-state index contributed by atoms with van der Waals surface area (Å²) in [6, 6.07) is 11.8. The van der Waals surface area contributed by atoms with Crippen molar-refractivity contribution in [3.63, 3.8) is 0 Å². The number of benzene rings is 1. The summed E-state index contributed by atoms with van der Waals surface area (Å²) in [7, 11) is 0. The highest BCUT2D eigenvalue weighted by molar-refractivity contribution is 5.57. The quantitative estimate of drug-likeness (QED) is 0.697. The third-order valence-electron chi connectivity index (χ3n) is 2.99. The van der Waals surface area contributed by atoms with Gasteiger partial charge < -0.3 is 0 Å². The molecule has 0 unspecified atom stereocenters. The van der Waals surface area contributed by atoms with E-state index in [2.05, 4.69) is 27.0 Å². The summed E-state index contributed by atoms with van der Waals surface area (Å²) in [5.41, 5.74) is 2.31. The molecule has 3 aromatic rings. The predicted molar refractivity (Wildman–Crippen MR) is 81.1 cm³/mol. The first-order valence-electron chi connectivity index (χ1n) is 6.87. The monoisotopic (exact) mass is 292 g/mol. The smallest absolute Gasteiger partial charge is 0.123 e. The van der Waals surface area contributed by atoms with Gasteiger partial charge in [-0.2, -0.15) is 15.0 Å². The van der Waals surface area contributed by atoms with E-state index in [1.165, 1.54) is 12.1 Å². The van der Waals surface area contributed by atoms with Crippen LogP contribution < -0.4 is 0 Å². The van der Waals surface area contributed by atoms with Crippen molar-refractivity contribution in [3.8, 4) is 23.1 Å². The highest BCUT2D eigenvalue weighted by Crippen LogP contribution is 2.15. The molecule has 5 heteroatoms. The van der Waals surface area contributed by atoms with Gasteiger partial charge in [0.25, 0.3) is 0 Å². The van der Waals surface area contributed by atoms with Crippen LogP contribution in [0.25, 0.3) is 11.3 Å². The first-order valence-corrected chi connectivity index (χ1v) is 6.87. The molecular formula is C17H13FN4. The van der Waals surface area contributed by atoms with Crippen LogP contribution in [0.2, 0.25) is 0 Å². The Kier molecular flexibility index (Phi) is 4.21. The predicted octanol–water partition coefficient (Wildman–Crippen LogP) is 2.92. The standard InChI is InChI=1S/C17H13FN4/c18-15-9-7-14(8-10-15)17-13-20-22(21-17)12-4-2-6-16-5-1-3-11-19-16/h1,3,5,7-11,13H,4,12H2. The van der Waals surface area contributed by atoms with Crippen LogP contribution in [0, 0.1) is 17.7 Å². The molecule has 2 aromatic heterocycles. The van der Waals surface area contributed by atoms with Crippen LogP contribution in [0.3, 0.4) is 0 Å². The van der Waals surface area contributed by atoms with E-state index in [-0.39, 0.29) is 5.82 Å². The first kappa shape index (κ1) is 14.0. The molecule has 0 amide bonds. The molecule has 0 atom stereocenters. The SMILES string of the molecule is Fc1ccc(-c2cnn(CCC#Cc3ccccn3)n2)cc1. The molecule has 0 fully saturated rings. The van der Waals surface area contributed by atoms with Crippen molar-refractivity contribution in [2.24, 2.45) is 0 Å². The van der Waals surface area contributed by atoms with Crippen LogP contribution in [0.1, 0.15) is 12.1 Å². The maximum atomic E-state index is 12.9. The Morgan fingerprint density at radius 3 is 2.73 bits per heavy atom. The van der Waals surface area contributed by atoms with Crippen molar-refractivity contribution in [1.29, 1.82) is 0 Å². The number of aryl methyl sites for hydroxylation is 1. The summed E-state index contributed by atoms with van der Waals surface area (Å²) in [6.07, 6.45) is 4.02. The minimum atomic E-state index is -0.263. The van der Waals surface area contributed by atoms with Crippen LogP contribution in [-0.2, 0) is 6.54 Å². The fourth-order valence-corrected chi connectivity index (χ4v) is 1.90. The number of pyridine rings is 1. The molecule has 4 nitrogen and oxygen atoms in total. The molecule has 0 N–H and O–H groups in total. The van der Waals surface area contributed by atoms with Gasteiger partial charge in [-0.05, 0) is 42.3 Å². The molecule has 0 aliphatic carbocycles. The van der Waals surface area contributed by atoms with E-state index in [0.29, 0.717) is 13.0 Å². The van der Waals surface area contributed by atoms with Gasteiger partial charge in [0.05, 0.1) is 12.7 Å². The van der Waals surface area contributed by atoms with E-state index >= 15 is 0 Å². The number of nitrogens with zero attached hydrogens (tertiary/aromatic N) is 4. The Morgan fingerprint density at radius 1 is 1.09 bits per heavy atom. The van der Waals surface area contributed by atoms with E-state index < -0.39 is 0 Å². The molecule has 2 heterocycles. The topological polar surface area (TPSA) is 43.6 Å². The largest absolute Gasteiger partial charge is 0.248 e. The van der Waals surface area contributed by atoms with Gasteiger partial charge in [-0.15, -0.1) is 0 Å². The summed E-state index contributed by atoms with van der Waals surface area (Å²) in [6.45, 7) is 0.598. The third-order valence-corrected chi connectivity index (χ3v) is 2.99. The van der Waals surface area contributed by atoms with Crippen LogP contribution in [0.15, 0.2) is 54.9 Å². The van der Waals surface area contributed by atoms with E-state index in [9.17, 15) is 4.39 Å². The van der Waals surface area contributed by atoms with Crippen molar-refractivity contribution in [1.82, 2.24) is 20.0 Å². The zero-order valence-corrected chi connectivity index (χ0v) is 11.8. The highest BCUT2D eigenvalue weighted by atomic mass is 19.1. The third kappa shape index (κ3) is 3.55. The second kappa shape index (κ2) is 6.64. The molecule has 22 heavy (non-hydrogen) atoms. The summed E-state index contributed by atoms with van der Waals surface area (Å²) in [4.78, 5) is 5.72. The average molecular weight is 292 g/mol. The Hall–Kier alpha value is -3.00. The van der Waals surface area contributed by atoms with E-state index in [4.69, 9.17) is 0 Å². The van der Waals surface area contributed by atoms with Gasteiger partial charge in [0, 0.05) is 18.2 Å². The molecule has 0 radical (unpaired) electrons. The van der Waals surface area contributed by atoms with Gasteiger partial charge in [0.1, 0.15) is 17.2 Å². The van der Waals surface area contributed by atoms with Gasteiger partial charge >= 0.3 is 0 Å². The maximum Gasteiger partial charge on any atom is 0.123 e. The number of rotatable bonds is 3. The first-order chi connectivity index (χ1) is 10.8. The lowest BCUT2D eigenvalue weighted by atomic mass is 10.2. The minimum Gasteiger partial charge on any atom is -0.248 e. The minimum absolute atomic E-state index is 0.263. The molecule has 0 saturated carbocycles. The Bertz CT molecular complexity index is 798. The Morgan fingerprint density at radius 2 is 1.95 bits per heavy atom. The van der Waals surface area contributed by atoms with Gasteiger partial charge in [-0.25, -0.2) is 9.37 Å². The highest BCUT2D eigenvalue weighted by Gasteiger charge is 2.03. The maximum absolute atomic E-state index is 12.9. The van der Waals surface area contributed by atoms with E-state index in [1.807, 2.05) is 18.2 Å². The number of hydrogen-bond donors (Lipinski definition) is 0. The van der Waals surface area contributed by atoms with Gasteiger partial charge in [0.15, 0.2) is 0 Å². The van der Waals surface area contributed by atoms with Crippen LogP contribution >= 0.6 is 0 Å². The lowest BCUT2D eigenvalue weighted by Crippen LogP contribution is -2.01. The second-order valence-electron chi connectivity index (χ2n) is 4.60. The zero-order valence-electron chi connectivity index (χ0n) is 11.8. The molecule has 108 valence electrons.